The van der Waals surface area contributed by atoms with Crippen molar-refractivity contribution in [3.63, 3.8) is 0 Å². The number of benzene rings is 1. The predicted molar refractivity (Wildman–Crippen MR) is 116 cm³/mol. The summed E-state index contributed by atoms with van der Waals surface area (Å²) >= 11 is 2.96. The standard InChI is InChI=1S/C17H19BrF3N5O5S2/c1-22-33(30,31)26-6-5-10(8-26)24-32(28,29)15-13(21)14(25(2)16(15)18)17(27)23-9-3-4-11(19)12(20)7-9/h3-4,7,10,22,24H,5-6,8H2,1-2H3,(H,23,27)/t10-/m1/s1. The third kappa shape index (κ3) is 5.09. The zero-order valence-corrected chi connectivity index (χ0v) is 20.4. The van der Waals surface area contributed by atoms with Crippen molar-refractivity contribution < 1.29 is 34.8 Å². The number of nitrogens with one attached hydrogen (secondary N) is 3. The van der Waals surface area contributed by atoms with Gasteiger partial charge in [0.05, 0.1) is 0 Å². The maximum absolute atomic E-state index is 15.2. The summed E-state index contributed by atoms with van der Waals surface area (Å²) in [6.45, 7) is -0.116. The number of anilines is 1. The van der Waals surface area contributed by atoms with E-state index in [4.69, 9.17) is 0 Å². The van der Waals surface area contributed by atoms with Gasteiger partial charge in [-0.2, -0.15) is 12.7 Å². The Morgan fingerprint density at radius 3 is 2.42 bits per heavy atom. The van der Waals surface area contributed by atoms with Crippen molar-refractivity contribution in [3.05, 3.63) is 45.9 Å². The van der Waals surface area contributed by atoms with Crippen LogP contribution in [0.5, 0.6) is 0 Å². The molecule has 33 heavy (non-hydrogen) atoms. The fraction of sp³-hybridized carbons (Fsp3) is 0.353. The first-order chi connectivity index (χ1) is 15.3. The summed E-state index contributed by atoms with van der Waals surface area (Å²) in [4.78, 5) is 11.7. The molecule has 2 aromatic rings. The second-order valence-electron chi connectivity index (χ2n) is 7.10. The molecular weight excluding hydrogens is 555 g/mol. The van der Waals surface area contributed by atoms with Gasteiger partial charge in [-0.15, -0.1) is 0 Å². The highest BCUT2D eigenvalue weighted by Gasteiger charge is 2.37. The Labute approximate surface area is 196 Å². The van der Waals surface area contributed by atoms with Gasteiger partial charge in [-0.05, 0) is 34.5 Å². The van der Waals surface area contributed by atoms with Crippen LogP contribution >= 0.6 is 15.9 Å². The molecule has 0 saturated carbocycles. The van der Waals surface area contributed by atoms with Crippen LogP contribution in [0.4, 0.5) is 18.9 Å². The van der Waals surface area contributed by atoms with Gasteiger partial charge in [0.2, 0.25) is 10.0 Å². The van der Waals surface area contributed by atoms with E-state index in [1.54, 1.807) is 0 Å². The molecule has 0 aliphatic carbocycles. The van der Waals surface area contributed by atoms with Crippen LogP contribution in [0.3, 0.4) is 0 Å². The lowest BCUT2D eigenvalue weighted by Crippen LogP contribution is -2.41. The Balaban J connectivity index is 1.86. The Morgan fingerprint density at radius 2 is 1.82 bits per heavy atom. The van der Waals surface area contributed by atoms with E-state index in [0.717, 1.165) is 21.0 Å². The van der Waals surface area contributed by atoms with Gasteiger partial charge in [-0.3, -0.25) is 4.79 Å². The molecule has 0 unspecified atom stereocenters. The summed E-state index contributed by atoms with van der Waals surface area (Å²) in [7, 11) is -5.84. The van der Waals surface area contributed by atoms with Crippen LogP contribution in [0.2, 0.25) is 0 Å². The minimum atomic E-state index is -4.53. The quantitative estimate of drug-likeness (QED) is 0.459. The van der Waals surface area contributed by atoms with Crippen LogP contribution < -0.4 is 14.8 Å². The van der Waals surface area contributed by atoms with Crippen molar-refractivity contribution in [3.8, 4) is 0 Å². The largest absolute Gasteiger partial charge is 0.331 e. The van der Waals surface area contributed by atoms with E-state index < -0.39 is 60.2 Å². The molecule has 1 aliphatic rings. The van der Waals surface area contributed by atoms with Gasteiger partial charge in [-0.1, -0.05) is 0 Å². The average molecular weight is 574 g/mol. The molecule has 1 amide bonds. The first-order valence-corrected chi connectivity index (χ1v) is 13.0. The topological polar surface area (TPSA) is 130 Å². The number of halogens is 4. The first kappa shape index (κ1) is 25.6. The molecule has 2 heterocycles. The number of aromatic nitrogens is 1. The summed E-state index contributed by atoms with van der Waals surface area (Å²) in [6.07, 6.45) is 0.148. The molecule has 1 aliphatic heterocycles. The smallest absolute Gasteiger partial charge is 0.279 e. The molecule has 10 nitrogen and oxygen atoms in total. The van der Waals surface area contributed by atoms with Crippen LogP contribution in [0, 0.1) is 17.5 Å². The maximum Gasteiger partial charge on any atom is 0.279 e. The average Bonchev–Trinajstić information content (AvgIpc) is 3.27. The molecule has 0 radical (unpaired) electrons. The number of hydrogen-bond acceptors (Lipinski definition) is 5. The number of nitrogens with zero attached hydrogens (tertiary/aromatic N) is 2. The molecule has 1 aromatic carbocycles. The van der Waals surface area contributed by atoms with E-state index in [1.807, 2.05) is 0 Å². The van der Waals surface area contributed by atoms with Crippen LogP contribution in [-0.2, 0) is 27.3 Å². The lowest BCUT2D eigenvalue weighted by atomic mass is 10.3. The second kappa shape index (κ2) is 9.34. The molecule has 1 aromatic heterocycles. The lowest BCUT2D eigenvalue weighted by Gasteiger charge is -2.16. The highest BCUT2D eigenvalue weighted by atomic mass is 79.9. The van der Waals surface area contributed by atoms with Crippen molar-refractivity contribution in [1.29, 1.82) is 0 Å². The van der Waals surface area contributed by atoms with Gasteiger partial charge in [0.1, 0.15) is 10.3 Å². The third-order valence-corrected chi connectivity index (χ3v) is 9.23. The monoisotopic (exact) mass is 573 g/mol. The molecule has 3 rings (SSSR count). The molecule has 1 fully saturated rings. The number of sulfonamides is 1. The number of carbonyl (C=O) groups excluding carboxylic acids is 1. The molecule has 1 atom stereocenters. The minimum absolute atomic E-state index is 0.0523. The van der Waals surface area contributed by atoms with Crippen molar-refractivity contribution in [1.82, 2.24) is 18.3 Å². The Morgan fingerprint density at radius 1 is 1.15 bits per heavy atom. The van der Waals surface area contributed by atoms with Crippen molar-refractivity contribution >= 4 is 47.8 Å². The number of hydrogen-bond donors (Lipinski definition) is 3. The van der Waals surface area contributed by atoms with Crippen LogP contribution in [0.15, 0.2) is 27.7 Å². The van der Waals surface area contributed by atoms with E-state index in [1.165, 1.54) is 14.1 Å². The Bertz CT molecular complexity index is 1320. The van der Waals surface area contributed by atoms with Crippen molar-refractivity contribution in [2.24, 2.45) is 7.05 Å². The molecule has 1 saturated heterocycles. The summed E-state index contributed by atoms with van der Waals surface area (Å²) in [5.74, 6) is -4.86. The second-order valence-corrected chi connectivity index (χ2v) is 11.4. The summed E-state index contributed by atoms with van der Waals surface area (Å²) in [6, 6.07) is 1.68. The number of carbonyl (C=O) groups is 1. The Hall–Kier alpha value is -1.98. The van der Waals surface area contributed by atoms with E-state index in [9.17, 15) is 30.4 Å². The third-order valence-electron chi connectivity index (χ3n) is 4.96. The van der Waals surface area contributed by atoms with Crippen molar-refractivity contribution in [2.75, 3.05) is 25.5 Å². The highest BCUT2D eigenvalue weighted by molar-refractivity contribution is 9.10. The van der Waals surface area contributed by atoms with E-state index >= 15 is 4.39 Å². The van der Waals surface area contributed by atoms with Gasteiger partial charge < -0.3 is 9.88 Å². The van der Waals surface area contributed by atoms with Gasteiger partial charge in [0, 0.05) is 45.0 Å². The van der Waals surface area contributed by atoms with Gasteiger partial charge >= 0.3 is 0 Å². The van der Waals surface area contributed by atoms with E-state index in [-0.39, 0.29) is 29.8 Å². The van der Waals surface area contributed by atoms with Gasteiger partial charge in [0.15, 0.2) is 22.3 Å². The SMILES string of the molecule is CNS(=O)(=O)N1CC[C@@H](NS(=O)(=O)c2c(F)c(C(=O)Nc3ccc(F)c(F)c3)n(C)c2Br)C1. The Kier molecular flexibility index (Phi) is 7.26. The zero-order valence-electron chi connectivity index (χ0n) is 17.2. The number of amides is 1. The minimum Gasteiger partial charge on any atom is -0.331 e. The number of rotatable bonds is 7. The van der Waals surface area contributed by atoms with Crippen LogP contribution in [-0.4, -0.2) is 57.8 Å². The van der Waals surface area contributed by atoms with Crippen LogP contribution in [0.1, 0.15) is 16.9 Å². The summed E-state index contributed by atoms with van der Waals surface area (Å²) in [5.41, 5.74) is -0.854. The fourth-order valence-corrected chi connectivity index (χ4v) is 6.70. The summed E-state index contributed by atoms with van der Waals surface area (Å²) in [5, 5.41) is 2.18. The maximum atomic E-state index is 15.2. The first-order valence-electron chi connectivity index (χ1n) is 9.29. The predicted octanol–water partition coefficient (Wildman–Crippen LogP) is 1.27. The van der Waals surface area contributed by atoms with E-state index in [0.29, 0.717) is 6.07 Å². The molecule has 0 bridgehead atoms. The summed E-state index contributed by atoms with van der Waals surface area (Å²) < 4.78 is 97.2. The van der Waals surface area contributed by atoms with Crippen molar-refractivity contribution in [2.45, 2.75) is 17.4 Å². The highest BCUT2D eigenvalue weighted by Crippen LogP contribution is 2.31. The fourth-order valence-electron chi connectivity index (χ4n) is 3.29. The lowest BCUT2D eigenvalue weighted by molar-refractivity contribution is 0.101. The van der Waals surface area contributed by atoms with Crippen LogP contribution in [0.25, 0.3) is 0 Å². The molecule has 0 spiro atoms. The molecule has 182 valence electrons. The zero-order chi connectivity index (χ0) is 24.7. The van der Waals surface area contributed by atoms with E-state index in [2.05, 4.69) is 30.7 Å². The molecule has 3 N–H and O–H groups in total. The van der Waals surface area contributed by atoms with Gasteiger partial charge in [-0.25, -0.2) is 31.0 Å². The normalized spacial score (nSPS) is 17.5. The van der Waals surface area contributed by atoms with Gasteiger partial charge in [0.25, 0.3) is 16.1 Å². The molecular formula is C17H19BrF3N5O5S2. The molecule has 16 heteroatoms.